The lowest BCUT2D eigenvalue weighted by molar-refractivity contribution is 0.284. The van der Waals surface area contributed by atoms with Gasteiger partial charge in [-0.05, 0) is 19.1 Å². The second-order valence-electron chi connectivity index (χ2n) is 8.10. The molecule has 1 aliphatic heterocycles. The number of nitrogens with one attached hydrogen (secondary N) is 1. The van der Waals surface area contributed by atoms with Gasteiger partial charge in [0.1, 0.15) is 17.5 Å². The summed E-state index contributed by atoms with van der Waals surface area (Å²) in [6, 6.07) is 5.43. The van der Waals surface area contributed by atoms with Gasteiger partial charge in [-0.3, -0.25) is 4.90 Å². The lowest BCUT2D eigenvalue weighted by Crippen LogP contribution is -2.46. The summed E-state index contributed by atoms with van der Waals surface area (Å²) in [5, 5.41) is 7.56. The van der Waals surface area contributed by atoms with Crippen molar-refractivity contribution < 1.29 is 8.78 Å². The Morgan fingerprint density at radius 2 is 1.77 bits per heavy atom. The molecule has 2 aromatic heterocycles. The quantitative estimate of drug-likeness (QED) is 0.428. The van der Waals surface area contributed by atoms with E-state index in [2.05, 4.69) is 31.4 Å². The molecule has 188 valence electrons. The first-order valence-electron chi connectivity index (χ1n) is 11.2. The average molecular weight is 506 g/mol. The van der Waals surface area contributed by atoms with E-state index in [0.717, 1.165) is 37.0 Å². The van der Waals surface area contributed by atoms with Crippen molar-refractivity contribution in [2.24, 2.45) is 5.73 Å². The zero-order valence-electron chi connectivity index (χ0n) is 19.5. The maximum absolute atomic E-state index is 13.5. The van der Waals surface area contributed by atoms with Crippen molar-refractivity contribution in [2.45, 2.75) is 6.92 Å². The van der Waals surface area contributed by atoms with Gasteiger partial charge in [-0.25, -0.2) is 13.5 Å². The Bertz CT molecular complexity index is 1140. The van der Waals surface area contributed by atoms with Gasteiger partial charge in [0.05, 0.1) is 11.9 Å². The van der Waals surface area contributed by atoms with Crippen LogP contribution in [0, 0.1) is 18.6 Å². The van der Waals surface area contributed by atoms with E-state index in [1.807, 2.05) is 17.9 Å². The van der Waals surface area contributed by atoms with Gasteiger partial charge in [0.15, 0.2) is 5.82 Å². The molecule has 0 atom stereocenters. The predicted octanol–water partition coefficient (Wildman–Crippen LogP) is 2.46. The number of piperazine rings is 1. The van der Waals surface area contributed by atoms with Gasteiger partial charge in [0.2, 0.25) is 5.95 Å². The van der Waals surface area contributed by atoms with Crippen LogP contribution >= 0.6 is 12.4 Å². The minimum atomic E-state index is -0.552. The van der Waals surface area contributed by atoms with Crippen LogP contribution in [0.15, 0.2) is 36.5 Å². The molecule has 0 amide bonds. The van der Waals surface area contributed by atoms with Crippen molar-refractivity contribution in [3.05, 3.63) is 59.4 Å². The van der Waals surface area contributed by atoms with Crippen LogP contribution in [0.1, 0.15) is 11.3 Å². The fraction of sp³-hybridized carbons (Fsp3) is 0.348. The van der Waals surface area contributed by atoms with E-state index in [1.54, 1.807) is 16.9 Å². The Morgan fingerprint density at radius 3 is 2.46 bits per heavy atom. The van der Waals surface area contributed by atoms with Crippen molar-refractivity contribution in [3.63, 3.8) is 0 Å². The third-order valence-electron chi connectivity index (χ3n) is 5.69. The van der Waals surface area contributed by atoms with Crippen molar-refractivity contribution >= 4 is 35.9 Å². The summed E-state index contributed by atoms with van der Waals surface area (Å²) >= 11 is 0. The van der Waals surface area contributed by atoms with Gasteiger partial charge in [-0.15, -0.1) is 12.4 Å². The fourth-order valence-electron chi connectivity index (χ4n) is 3.91. The normalized spacial score (nSPS) is 14.3. The molecule has 0 aliphatic carbocycles. The van der Waals surface area contributed by atoms with Gasteiger partial charge in [0, 0.05) is 69.2 Å². The third kappa shape index (κ3) is 6.65. The minimum Gasteiger partial charge on any atom is -0.369 e. The molecule has 9 nitrogen and oxygen atoms in total. The molecule has 1 aliphatic rings. The van der Waals surface area contributed by atoms with Gasteiger partial charge in [-0.2, -0.15) is 15.1 Å². The third-order valence-corrected chi connectivity index (χ3v) is 5.69. The highest BCUT2D eigenvalue weighted by atomic mass is 35.5. The Labute approximate surface area is 209 Å². The molecule has 5 N–H and O–H groups in total. The summed E-state index contributed by atoms with van der Waals surface area (Å²) in [5.41, 5.74) is 13.9. The number of benzene rings is 1. The average Bonchev–Trinajstić information content (AvgIpc) is 3.17. The van der Waals surface area contributed by atoms with E-state index in [9.17, 15) is 8.78 Å². The molecular weight excluding hydrogens is 476 g/mol. The molecule has 1 aromatic carbocycles. The first kappa shape index (κ1) is 26.3. The lowest BCUT2D eigenvalue weighted by atomic mass is 10.2. The minimum absolute atomic E-state index is 0. The molecule has 0 bridgehead atoms. The van der Waals surface area contributed by atoms with E-state index in [1.165, 1.54) is 12.1 Å². The van der Waals surface area contributed by atoms with Crippen molar-refractivity contribution in [3.8, 4) is 5.82 Å². The number of anilines is 3. The molecule has 0 unspecified atom stereocenters. The molecule has 0 spiro atoms. The summed E-state index contributed by atoms with van der Waals surface area (Å²) in [5.74, 6) is 0.228. The van der Waals surface area contributed by atoms with Crippen molar-refractivity contribution in [1.29, 1.82) is 0 Å². The number of hydrogen-bond donors (Lipinski definition) is 3. The predicted molar refractivity (Wildman–Crippen MR) is 137 cm³/mol. The number of halogens is 3. The molecule has 3 aromatic rings. The molecular formula is C23H30ClF2N9. The number of nitrogens with two attached hydrogens (primary N) is 2. The van der Waals surface area contributed by atoms with Gasteiger partial charge in [0.25, 0.3) is 0 Å². The Balaban J connectivity index is 0.00000342. The van der Waals surface area contributed by atoms with Crippen LogP contribution in [-0.4, -0.2) is 70.5 Å². The smallest absolute Gasteiger partial charge is 0.224 e. The van der Waals surface area contributed by atoms with Crippen LogP contribution in [0.4, 0.5) is 26.2 Å². The largest absolute Gasteiger partial charge is 0.369 e. The van der Waals surface area contributed by atoms with Gasteiger partial charge in [-0.1, -0.05) is 12.2 Å². The van der Waals surface area contributed by atoms with E-state index in [4.69, 9.17) is 11.5 Å². The Kier molecular flexibility index (Phi) is 8.96. The molecule has 1 saturated heterocycles. The highest BCUT2D eigenvalue weighted by Crippen LogP contribution is 2.20. The van der Waals surface area contributed by atoms with Crippen molar-refractivity contribution in [2.75, 3.05) is 61.8 Å². The molecule has 4 rings (SSSR count). The second-order valence-corrected chi connectivity index (χ2v) is 8.10. The highest BCUT2D eigenvalue weighted by molar-refractivity contribution is 5.85. The summed E-state index contributed by atoms with van der Waals surface area (Å²) in [6.07, 6.45) is 5.91. The molecule has 3 heterocycles. The number of rotatable bonds is 8. The SMILES string of the molecule is Cc1c(/C=C/CN2CCN(c3cc(F)cc(F)c3)CC2)cnn1-c1cc(NCCN)nc(N)n1.Cl. The molecule has 0 saturated carbocycles. The standard InChI is InChI=1S/C23H29F2N9.ClH/c1-16-17(15-29-34(16)22-14-21(28-5-4-26)30-23(27)31-22)3-2-6-32-7-9-33(10-8-32)20-12-18(24)11-19(25)13-20;/h2-3,11-15H,4-10,26H2,1H3,(H3,27,28,30,31);1H/b3-2+;. The summed E-state index contributed by atoms with van der Waals surface area (Å²) in [6.45, 7) is 6.83. The summed E-state index contributed by atoms with van der Waals surface area (Å²) in [7, 11) is 0. The van der Waals surface area contributed by atoms with E-state index in [-0.39, 0.29) is 18.4 Å². The van der Waals surface area contributed by atoms with Crippen LogP contribution in [0.25, 0.3) is 11.9 Å². The molecule has 35 heavy (non-hydrogen) atoms. The first-order chi connectivity index (χ1) is 16.4. The number of nitrogens with zero attached hydrogens (tertiary/aromatic N) is 6. The second kappa shape index (κ2) is 11.9. The van der Waals surface area contributed by atoms with Crippen LogP contribution in [0.3, 0.4) is 0 Å². The Morgan fingerprint density at radius 1 is 1.06 bits per heavy atom. The summed E-state index contributed by atoms with van der Waals surface area (Å²) in [4.78, 5) is 12.8. The van der Waals surface area contributed by atoms with Crippen LogP contribution < -0.4 is 21.7 Å². The van der Waals surface area contributed by atoms with Crippen LogP contribution in [-0.2, 0) is 0 Å². The number of aromatic nitrogens is 4. The molecule has 12 heteroatoms. The Hall–Kier alpha value is -3.28. The fourth-order valence-corrected chi connectivity index (χ4v) is 3.91. The first-order valence-corrected chi connectivity index (χ1v) is 11.2. The van der Waals surface area contributed by atoms with Gasteiger partial charge < -0.3 is 21.7 Å². The highest BCUT2D eigenvalue weighted by Gasteiger charge is 2.17. The molecule has 1 fully saturated rings. The summed E-state index contributed by atoms with van der Waals surface area (Å²) < 4.78 is 28.7. The van der Waals surface area contributed by atoms with E-state index >= 15 is 0 Å². The zero-order valence-corrected chi connectivity index (χ0v) is 20.3. The zero-order chi connectivity index (χ0) is 24.1. The van der Waals surface area contributed by atoms with Crippen LogP contribution in [0.5, 0.6) is 0 Å². The maximum Gasteiger partial charge on any atom is 0.224 e. The van der Waals surface area contributed by atoms with Crippen molar-refractivity contribution in [1.82, 2.24) is 24.6 Å². The maximum atomic E-state index is 13.5. The number of nitrogen functional groups attached to an aromatic ring is 1. The van der Waals surface area contributed by atoms with E-state index in [0.29, 0.717) is 43.5 Å². The van der Waals surface area contributed by atoms with Gasteiger partial charge >= 0.3 is 0 Å². The van der Waals surface area contributed by atoms with Crippen LogP contribution in [0.2, 0.25) is 0 Å². The topological polar surface area (TPSA) is 114 Å². The van der Waals surface area contributed by atoms with E-state index < -0.39 is 11.6 Å². The number of hydrogen-bond acceptors (Lipinski definition) is 8. The lowest BCUT2D eigenvalue weighted by Gasteiger charge is -2.35. The molecule has 0 radical (unpaired) electrons. The monoisotopic (exact) mass is 505 g/mol.